The van der Waals surface area contributed by atoms with E-state index < -0.39 is 0 Å². The Labute approximate surface area is 98.8 Å². The summed E-state index contributed by atoms with van der Waals surface area (Å²) in [5.41, 5.74) is 1.99. The average Bonchev–Trinajstić information content (AvgIpc) is 2.33. The molecule has 2 rings (SSSR count). The van der Waals surface area contributed by atoms with Gasteiger partial charge in [0.15, 0.2) is 0 Å². The van der Waals surface area contributed by atoms with Crippen molar-refractivity contribution in [2.75, 3.05) is 19.4 Å². The van der Waals surface area contributed by atoms with E-state index >= 15 is 0 Å². The van der Waals surface area contributed by atoms with Crippen LogP contribution in [0, 0.1) is 6.92 Å². The van der Waals surface area contributed by atoms with Crippen molar-refractivity contribution in [2.24, 2.45) is 4.99 Å². The van der Waals surface area contributed by atoms with E-state index in [1.165, 1.54) is 10.6 Å². The van der Waals surface area contributed by atoms with Gasteiger partial charge in [-0.05, 0) is 18.6 Å². The molecule has 0 aromatic carbocycles. The summed E-state index contributed by atoms with van der Waals surface area (Å²) >= 11 is 0. The molecule has 0 aliphatic rings. The van der Waals surface area contributed by atoms with Gasteiger partial charge in [-0.25, -0.2) is 4.98 Å². The Kier molecular flexibility index (Phi) is 2.91. The quantitative estimate of drug-likeness (QED) is 0.786. The summed E-state index contributed by atoms with van der Waals surface area (Å²) in [6, 6.07) is 3.75. The van der Waals surface area contributed by atoms with Gasteiger partial charge in [-0.2, -0.15) is 0 Å². The molecule has 17 heavy (non-hydrogen) atoms. The van der Waals surface area contributed by atoms with Crippen LogP contribution in [0.25, 0.3) is 5.65 Å². The maximum atomic E-state index is 12.2. The Morgan fingerprint density at radius 2 is 2.24 bits per heavy atom. The highest BCUT2D eigenvalue weighted by molar-refractivity contribution is 5.86. The molecule has 0 amide bonds. The van der Waals surface area contributed by atoms with Gasteiger partial charge in [-0.1, -0.05) is 6.07 Å². The van der Waals surface area contributed by atoms with Gasteiger partial charge < -0.3 is 5.32 Å². The maximum Gasteiger partial charge on any atom is 0.268 e. The molecule has 5 nitrogen and oxygen atoms in total. The number of anilines is 1. The van der Waals surface area contributed by atoms with E-state index in [9.17, 15) is 4.79 Å². The van der Waals surface area contributed by atoms with Crippen molar-refractivity contribution in [1.29, 1.82) is 0 Å². The lowest BCUT2D eigenvalue weighted by Crippen LogP contribution is -2.21. The van der Waals surface area contributed by atoms with Gasteiger partial charge in [0.2, 0.25) is 0 Å². The minimum atomic E-state index is -0.117. The van der Waals surface area contributed by atoms with Gasteiger partial charge in [-0.15, -0.1) is 0 Å². The van der Waals surface area contributed by atoms with E-state index in [2.05, 4.69) is 15.3 Å². The summed E-state index contributed by atoms with van der Waals surface area (Å²) in [4.78, 5) is 20.5. The van der Waals surface area contributed by atoms with Crippen LogP contribution in [-0.2, 0) is 0 Å². The topological polar surface area (TPSA) is 58.8 Å². The van der Waals surface area contributed by atoms with E-state index in [4.69, 9.17) is 0 Å². The number of rotatable bonds is 2. The minimum absolute atomic E-state index is 0.117. The zero-order valence-corrected chi connectivity index (χ0v) is 10.1. The Morgan fingerprint density at radius 3 is 2.88 bits per heavy atom. The Hall–Kier alpha value is -2.17. The lowest BCUT2D eigenvalue weighted by Gasteiger charge is -2.07. The van der Waals surface area contributed by atoms with Crippen molar-refractivity contribution in [3.63, 3.8) is 0 Å². The molecule has 1 N–H and O–H groups in total. The molecule has 0 aliphatic heterocycles. The fourth-order valence-electron chi connectivity index (χ4n) is 1.69. The van der Waals surface area contributed by atoms with Crippen molar-refractivity contribution in [3.8, 4) is 0 Å². The Morgan fingerprint density at radius 1 is 1.47 bits per heavy atom. The predicted molar refractivity (Wildman–Crippen MR) is 69.3 cm³/mol. The number of aliphatic imine (C=N–C) groups is 1. The molecule has 0 saturated heterocycles. The van der Waals surface area contributed by atoms with Crippen LogP contribution in [0.5, 0.6) is 0 Å². The number of aryl methyl sites for hydroxylation is 1. The molecule has 0 bridgehead atoms. The Balaban J connectivity index is 2.89. The molecule has 5 heteroatoms. The highest BCUT2D eigenvalue weighted by atomic mass is 16.1. The third-order valence-corrected chi connectivity index (χ3v) is 2.50. The number of nitrogens with zero attached hydrogens (tertiary/aromatic N) is 3. The van der Waals surface area contributed by atoms with Gasteiger partial charge in [0.25, 0.3) is 5.56 Å². The van der Waals surface area contributed by atoms with Crippen LogP contribution < -0.4 is 10.9 Å². The highest BCUT2D eigenvalue weighted by Gasteiger charge is 2.09. The van der Waals surface area contributed by atoms with Crippen LogP contribution in [0.15, 0.2) is 28.1 Å². The van der Waals surface area contributed by atoms with Gasteiger partial charge >= 0.3 is 0 Å². The van der Waals surface area contributed by atoms with Crippen LogP contribution in [0.2, 0.25) is 0 Å². The lowest BCUT2D eigenvalue weighted by atomic mass is 10.2. The summed E-state index contributed by atoms with van der Waals surface area (Å²) in [6.45, 7) is 1.94. The molecule has 0 radical (unpaired) electrons. The molecule has 0 fully saturated rings. The first-order valence-electron chi connectivity index (χ1n) is 5.30. The van der Waals surface area contributed by atoms with E-state index in [-0.39, 0.29) is 5.56 Å². The molecule has 88 valence electrons. The van der Waals surface area contributed by atoms with E-state index in [1.54, 1.807) is 20.3 Å². The normalized spacial score (nSPS) is 11.2. The van der Waals surface area contributed by atoms with Crippen molar-refractivity contribution in [1.82, 2.24) is 9.38 Å². The van der Waals surface area contributed by atoms with Gasteiger partial charge in [0.05, 0.1) is 0 Å². The van der Waals surface area contributed by atoms with Crippen LogP contribution in [-0.4, -0.2) is 29.7 Å². The number of aromatic nitrogens is 2. The smallest absolute Gasteiger partial charge is 0.268 e. The molecular formula is C12H14N4O. The molecule has 2 aromatic rings. The average molecular weight is 230 g/mol. The van der Waals surface area contributed by atoms with Gasteiger partial charge in [0, 0.05) is 26.5 Å². The number of pyridine rings is 1. The first kappa shape index (κ1) is 11.3. The zero-order chi connectivity index (χ0) is 12.4. The first-order chi connectivity index (χ1) is 8.17. The second-order valence-electron chi connectivity index (χ2n) is 3.75. The summed E-state index contributed by atoms with van der Waals surface area (Å²) in [7, 11) is 3.36. The van der Waals surface area contributed by atoms with E-state index in [1.807, 2.05) is 19.1 Å². The fraction of sp³-hybridized carbons (Fsp3) is 0.250. The molecule has 0 spiro atoms. The molecule has 0 atom stereocenters. The van der Waals surface area contributed by atoms with Crippen molar-refractivity contribution >= 4 is 17.7 Å². The zero-order valence-electron chi connectivity index (χ0n) is 10.1. The number of nitrogens with one attached hydrogen (secondary N) is 1. The standard InChI is InChI=1S/C12H14N4O/c1-8-4-5-10-15-11(14-3)9(6-13-2)12(17)16(10)7-8/h4-7,14H,1-3H3. The Bertz CT molecular complexity index is 643. The number of hydrogen-bond donors (Lipinski definition) is 1. The minimum Gasteiger partial charge on any atom is -0.372 e. The summed E-state index contributed by atoms with van der Waals surface area (Å²) in [5, 5.41) is 2.91. The summed E-state index contributed by atoms with van der Waals surface area (Å²) in [6.07, 6.45) is 3.30. The molecular weight excluding hydrogens is 216 g/mol. The van der Waals surface area contributed by atoms with Gasteiger partial charge in [0.1, 0.15) is 17.0 Å². The predicted octanol–water partition coefficient (Wildman–Crippen LogP) is 1.09. The maximum absolute atomic E-state index is 12.2. The van der Waals surface area contributed by atoms with Crippen molar-refractivity contribution in [3.05, 3.63) is 39.8 Å². The summed E-state index contributed by atoms with van der Waals surface area (Å²) < 4.78 is 1.53. The molecule has 0 saturated carbocycles. The molecule has 0 unspecified atom stereocenters. The molecule has 2 aromatic heterocycles. The molecule has 0 aliphatic carbocycles. The lowest BCUT2D eigenvalue weighted by molar-refractivity contribution is 1.03. The van der Waals surface area contributed by atoms with Crippen molar-refractivity contribution in [2.45, 2.75) is 6.92 Å². The van der Waals surface area contributed by atoms with Crippen LogP contribution in [0.4, 0.5) is 5.82 Å². The third-order valence-electron chi connectivity index (χ3n) is 2.50. The largest absolute Gasteiger partial charge is 0.372 e. The number of hydrogen-bond acceptors (Lipinski definition) is 4. The molecule has 2 heterocycles. The van der Waals surface area contributed by atoms with Crippen molar-refractivity contribution < 1.29 is 0 Å². The third kappa shape index (κ3) is 1.91. The summed E-state index contributed by atoms with van der Waals surface area (Å²) in [5.74, 6) is 0.546. The van der Waals surface area contributed by atoms with Crippen LogP contribution in [0.1, 0.15) is 11.1 Å². The van der Waals surface area contributed by atoms with E-state index in [0.717, 1.165) is 5.56 Å². The second-order valence-corrected chi connectivity index (χ2v) is 3.75. The SMILES string of the molecule is CN=Cc1c(NC)nc2ccc(C)cn2c1=O. The van der Waals surface area contributed by atoms with Gasteiger partial charge in [-0.3, -0.25) is 14.2 Å². The first-order valence-corrected chi connectivity index (χ1v) is 5.30. The van der Waals surface area contributed by atoms with E-state index in [0.29, 0.717) is 17.0 Å². The number of fused-ring (bicyclic) bond motifs is 1. The van der Waals surface area contributed by atoms with Crippen LogP contribution in [0.3, 0.4) is 0 Å². The highest BCUT2D eigenvalue weighted by Crippen LogP contribution is 2.09. The fourth-order valence-corrected chi connectivity index (χ4v) is 1.69. The second kappa shape index (κ2) is 4.37. The van der Waals surface area contributed by atoms with Crippen LogP contribution >= 0.6 is 0 Å². The monoisotopic (exact) mass is 230 g/mol.